The summed E-state index contributed by atoms with van der Waals surface area (Å²) < 4.78 is 0. The van der Waals surface area contributed by atoms with Crippen LogP contribution in [0, 0.1) is 5.92 Å². The smallest absolute Gasteiger partial charge is 0.243 e. The molecule has 0 aromatic heterocycles. The predicted octanol–water partition coefficient (Wildman–Crippen LogP) is 2.29. The van der Waals surface area contributed by atoms with Crippen LogP contribution in [-0.2, 0) is 22.7 Å². The molecule has 4 N–H and O–H groups in total. The number of nitrogens with two attached hydrogens (primary N) is 1. The van der Waals surface area contributed by atoms with Gasteiger partial charge in [-0.05, 0) is 36.1 Å². The van der Waals surface area contributed by atoms with E-state index in [0.29, 0.717) is 0 Å². The van der Waals surface area contributed by atoms with Gasteiger partial charge in [-0.3, -0.25) is 14.5 Å². The summed E-state index contributed by atoms with van der Waals surface area (Å²) in [6.07, 6.45) is 1.11. The van der Waals surface area contributed by atoms with E-state index in [1.165, 1.54) is 11.1 Å². The maximum atomic E-state index is 12.1. The number of amides is 2. The Hall–Kier alpha value is -1.34. The van der Waals surface area contributed by atoms with Gasteiger partial charge < -0.3 is 16.4 Å². The Kier molecular flexibility index (Phi) is 10.8. The van der Waals surface area contributed by atoms with Crippen LogP contribution in [0.2, 0.25) is 0 Å². The van der Waals surface area contributed by atoms with Crippen molar-refractivity contribution < 1.29 is 9.59 Å². The van der Waals surface area contributed by atoms with Gasteiger partial charge in [0.05, 0.1) is 12.6 Å². The van der Waals surface area contributed by atoms with Crippen LogP contribution in [0.5, 0.6) is 0 Å². The number of rotatable bonds is 7. The van der Waals surface area contributed by atoms with E-state index in [1.807, 2.05) is 26.0 Å². The van der Waals surface area contributed by atoms with Gasteiger partial charge in [-0.25, -0.2) is 0 Å². The lowest BCUT2D eigenvalue weighted by Gasteiger charge is -2.16. The quantitative estimate of drug-likeness (QED) is 0.650. The second-order valence-electron chi connectivity index (χ2n) is 6.69. The average molecular weight is 405 g/mol. The van der Waals surface area contributed by atoms with Gasteiger partial charge in [0.2, 0.25) is 11.8 Å². The maximum absolute atomic E-state index is 12.1. The molecule has 148 valence electrons. The fraction of sp³-hybridized carbons (Fsp3) is 0.556. The number of nitrogens with zero attached hydrogens (tertiary/aromatic N) is 1. The van der Waals surface area contributed by atoms with Gasteiger partial charge in [-0.1, -0.05) is 32.9 Å². The topological polar surface area (TPSA) is 87.5 Å². The molecule has 0 fully saturated rings. The SMILES string of the molecule is CCCN1Cc2cccc(NC(=O)CNC(=O)[C@@H](N)C(C)C)c2C1.Cl.Cl. The Labute approximate surface area is 168 Å². The number of fused-ring (bicyclic) bond motifs is 1. The molecular weight excluding hydrogens is 375 g/mol. The number of hydrogen-bond donors (Lipinski definition) is 3. The molecule has 1 heterocycles. The lowest BCUT2D eigenvalue weighted by molar-refractivity contribution is -0.125. The second-order valence-corrected chi connectivity index (χ2v) is 6.69. The fourth-order valence-corrected chi connectivity index (χ4v) is 2.86. The van der Waals surface area contributed by atoms with Crippen LogP contribution in [-0.4, -0.2) is 35.8 Å². The maximum Gasteiger partial charge on any atom is 0.243 e. The highest BCUT2D eigenvalue weighted by Crippen LogP contribution is 2.29. The van der Waals surface area contributed by atoms with E-state index in [2.05, 4.69) is 28.5 Å². The lowest BCUT2D eigenvalue weighted by Crippen LogP contribution is -2.46. The first-order valence-corrected chi connectivity index (χ1v) is 8.58. The minimum Gasteiger partial charge on any atom is -0.346 e. The largest absolute Gasteiger partial charge is 0.346 e. The molecule has 1 aromatic carbocycles. The Bertz CT molecular complexity index is 611. The molecule has 1 aliphatic rings. The van der Waals surface area contributed by atoms with Gasteiger partial charge in [-0.2, -0.15) is 0 Å². The van der Waals surface area contributed by atoms with Gasteiger partial charge >= 0.3 is 0 Å². The fourth-order valence-electron chi connectivity index (χ4n) is 2.86. The molecular formula is C18H30Cl2N4O2. The van der Waals surface area contributed by atoms with Crippen LogP contribution >= 0.6 is 24.8 Å². The molecule has 1 aromatic rings. The van der Waals surface area contributed by atoms with E-state index in [1.54, 1.807) is 0 Å². The zero-order chi connectivity index (χ0) is 17.7. The number of benzene rings is 1. The van der Waals surface area contributed by atoms with Crippen LogP contribution in [0.25, 0.3) is 0 Å². The lowest BCUT2D eigenvalue weighted by atomic mass is 10.1. The molecule has 0 saturated carbocycles. The van der Waals surface area contributed by atoms with Crippen LogP contribution in [0.15, 0.2) is 18.2 Å². The van der Waals surface area contributed by atoms with Crippen molar-refractivity contribution in [3.63, 3.8) is 0 Å². The normalized spacial score (nSPS) is 14.0. The van der Waals surface area contributed by atoms with Gasteiger partial charge in [-0.15, -0.1) is 24.8 Å². The highest BCUT2D eigenvalue weighted by atomic mass is 35.5. The van der Waals surface area contributed by atoms with E-state index in [0.717, 1.165) is 31.7 Å². The summed E-state index contributed by atoms with van der Waals surface area (Å²) in [5.74, 6) is -0.496. The number of carbonyl (C=O) groups excluding carboxylic acids is 2. The minimum atomic E-state index is -0.596. The van der Waals surface area contributed by atoms with Gasteiger partial charge in [0, 0.05) is 18.8 Å². The van der Waals surface area contributed by atoms with Crippen molar-refractivity contribution in [2.75, 3.05) is 18.4 Å². The molecule has 8 heteroatoms. The Morgan fingerprint density at radius 1 is 1.23 bits per heavy atom. The van der Waals surface area contributed by atoms with Crippen molar-refractivity contribution in [2.24, 2.45) is 11.7 Å². The summed E-state index contributed by atoms with van der Waals surface area (Å²) >= 11 is 0. The Balaban J connectivity index is 0.00000312. The first-order valence-electron chi connectivity index (χ1n) is 8.58. The molecule has 2 rings (SSSR count). The molecule has 1 atom stereocenters. The third-order valence-corrected chi connectivity index (χ3v) is 4.31. The van der Waals surface area contributed by atoms with Crippen molar-refractivity contribution in [1.82, 2.24) is 10.2 Å². The van der Waals surface area contributed by atoms with E-state index in [4.69, 9.17) is 5.73 Å². The van der Waals surface area contributed by atoms with Crippen LogP contribution in [0.3, 0.4) is 0 Å². The van der Waals surface area contributed by atoms with E-state index < -0.39 is 6.04 Å². The molecule has 6 nitrogen and oxygen atoms in total. The summed E-state index contributed by atoms with van der Waals surface area (Å²) in [5.41, 5.74) is 9.03. The van der Waals surface area contributed by atoms with Crippen LogP contribution in [0.1, 0.15) is 38.3 Å². The highest BCUT2D eigenvalue weighted by molar-refractivity contribution is 5.96. The van der Waals surface area contributed by atoms with Gasteiger partial charge in [0.25, 0.3) is 0 Å². The zero-order valence-corrected chi connectivity index (χ0v) is 17.2. The molecule has 1 aliphatic heterocycles. The minimum absolute atomic E-state index is 0. The summed E-state index contributed by atoms with van der Waals surface area (Å²) in [7, 11) is 0. The number of halogens is 2. The van der Waals surface area contributed by atoms with E-state index in [-0.39, 0.29) is 49.1 Å². The van der Waals surface area contributed by atoms with Crippen molar-refractivity contribution in [2.45, 2.75) is 46.3 Å². The van der Waals surface area contributed by atoms with Crippen LogP contribution in [0.4, 0.5) is 5.69 Å². The molecule has 26 heavy (non-hydrogen) atoms. The standard InChI is InChI=1S/C18H28N4O2.2ClH/c1-4-8-22-10-13-6-5-7-15(14(13)11-22)21-16(23)9-20-18(24)17(19)12(2)3;;/h5-7,12,17H,4,8-11,19H2,1-3H3,(H,20,24)(H,21,23);2*1H/t17-;;/m0../s1. The predicted molar refractivity (Wildman–Crippen MR) is 110 cm³/mol. The summed E-state index contributed by atoms with van der Waals surface area (Å²) in [4.78, 5) is 26.3. The molecule has 0 saturated heterocycles. The first-order chi connectivity index (χ1) is 11.4. The van der Waals surface area contributed by atoms with Crippen molar-refractivity contribution in [3.8, 4) is 0 Å². The number of hydrogen-bond acceptors (Lipinski definition) is 4. The molecule has 0 unspecified atom stereocenters. The van der Waals surface area contributed by atoms with Gasteiger partial charge in [0.15, 0.2) is 0 Å². The molecule has 0 aliphatic carbocycles. The molecule has 0 bridgehead atoms. The first kappa shape index (κ1) is 24.7. The van der Waals surface area contributed by atoms with Crippen molar-refractivity contribution in [1.29, 1.82) is 0 Å². The van der Waals surface area contributed by atoms with Crippen molar-refractivity contribution in [3.05, 3.63) is 29.3 Å². The summed E-state index contributed by atoms with van der Waals surface area (Å²) in [5, 5.41) is 5.50. The third-order valence-electron chi connectivity index (χ3n) is 4.31. The monoisotopic (exact) mass is 404 g/mol. The van der Waals surface area contributed by atoms with Crippen LogP contribution < -0.4 is 16.4 Å². The second kappa shape index (κ2) is 11.4. The summed E-state index contributed by atoms with van der Waals surface area (Å²) in [6, 6.07) is 5.37. The summed E-state index contributed by atoms with van der Waals surface area (Å²) in [6.45, 7) is 8.67. The number of anilines is 1. The van der Waals surface area contributed by atoms with Crippen molar-refractivity contribution >= 4 is 42.3 Å². The molecule has 0 radical (unpaired) electrons. The zero-order valence-electron chi connectivity index (χ0n) is 15.6. The highest BCUT2D eigenvalue weighted by Gasteiger charge is 2.22. The Morgan fingerprint density at radius 3 is 2.54 bits per heavy atom. The third kappa shape index (κ3) is 6.43. The molecule has 0 spiro atoms. The average Bonchev–Trinajstić information content (AvgIpc) is 2.95. The number of carbonyl (C=O) groups is 2. The molecule has 2 amide bonds. The van der Waals surface area contributed by atoms with E-state index in [9.17, 15) is 9.59 Å². The number of nitrogens with one attached hydrogen (secondary N) is 2. The van der Waals surface area contributed by atoms with Gasteiger partial charge in [0.1, 0.15) is 0 Å². The van der Waals surface area contributed by atoms with E-state index >= 15 is 0 Å². The Morgan fingerprint density at radius 2 is 1.92 bits per heavy atom.